The van der Waals surface area contributed by atoms with Crippen molar-refractivity contribution >= 4 is 17.6 Å². The third-order valence-corrected chi connectivity index (χ3v) is 4.02. The number of rotatable bonds is 6. The van der Waals surface area contributed by atoms with Crippen LogP contribution in [0.1, 0.15) is 26.7 Å². The third kappa shape index (κ3) is 6.58. The Morgan fingerprint density at radius 2 is 1.83 bits per heavy atom. The highest BCUT2D eigenvalue weighted by atomic mass is 16.2. The van der Waals surface area contributed by atoms with Gasteiger partial charge in [-0.2, -0.15) is 0 Å². The quantitative estimate of drug-likeness (QED) is 0.746. The van der Waals surface area contributed by atoms with Gasteiger partial charge in [0.1, 0.15) is 0 Å². The second-order valence-corrected chi connectivity index (χ2v) is 6.71. The predicted octanol–water partition coefficient (Wildman–Crippen LogP) is 2.04. The van der Waals surface area contributed by atoms with E-state index in [1.807, 2.05) is 30.3 Å². The lowest BCUT2D eigenvalue weighted by Crippen LogP contribution is -2.49. The van der Waals surface area contributed by atoms with Gasteiger partial charge in [0.05, 0.1) is 6.54 Å². The van der Waals surface area contributed by atoms with Crippen molar-refractivity contribution in [3.63, 3.8) is 0 Å². The van der Waals surface area contributed by atoms with E-state index >= 15 is 0 Å². The Balaban J connectivity index is 1.65. The van der Waals surface area contributed by atoms with Crippen molar-refractivity contribution < 1.29 is 9.59 Å². The van der Waals surface area contributed by atoms with E-state index < -0.39 is 0 Å². The van der Waals surface area contributed by atoms with Gasteiger partial charge < -0.3 is 16.0 Å². The number of hydrogen-bond donors (Lipinski definition) is 3. The summed E-state index contributed by atoms with van der Waals surface area (Å²) in [6.07, 6.45) is 1.74. The minimum Gasteiger partial charge on any atom is -0.338 e. The normalized spacial score (nSPS) is 16.0. The highest BCUT2D eigenvalue weighted by Crippen LogP contribution is 2.11. The van der Waals surface area contributed by atoms with Crippen LogP contribution in [0.4, 0.5) is 10.5 Å². The van der Waals surface area contributed by atoms with E-state index in [1.54, 1.807) is 0 Å². The van der Waals surface area contributed by atoms with E-state index in [9.17, 15) is 9.59 Å². The Morgan fingerprint density at radius 1 is 1.17 bits per heavy atom. The van der Waals surface area contributed by atoms with Gasteiger partial charge in [-0.3, -0.25) is 9.69 Å². The molecule has 1 saturated heterocycles. The van der Waals surface area contributed by atoms with Crippen LogP contribution >= 0.6 is 0 Å². The molecule has 6 nitrogen and oxygen atoms in total. The number of carbonyl (C=O) groups is 2. The zero-order chi connectivity index (χ0) is 17.4. The summed E-state index contributed by atoms with van der Waals surface area (Å²) in [5.41, 5.74) is 0.820. The molecule has 1 aromatic carbocycles. The van der Waals surface area contributed by atoms with Gasteiger partial charge in [-0.1, -0.05) is 32.0 Å². The number of hydrogen-bond acceptors (Lipinski definition) is 3. The lowest BCUT2D eigenvalue weighted by atomic mass is 10.1. The highest BCUT2D eigenvalue weighted by Gasteiger charge is 2.22. The van der Waals surface area contributed by atoms with Crippen molar-refractivity contribution in [1.29, 1.82) is 0 Å². The van der Waals surface area contributed by atoms with Gasteiger partial charge in [0.25, 0.3) is 0 Å². The summed E-state index contributed by atoms with van der Waals surface area (Å²) in [6.45, 7) is 6.85. The van der Waals surface area contributed by atoms with Crippen molar-refractivity contribution in [1.82, 2.24) is 15.5 Å². The molecule has 1 fully saturated rings. The van der Waals surface area contributed by atoms with Crippen LogP contribution in [0.25, 0.3) is 0 Å². The largest absolute Gasteiger partial charge is 0.338 e. The minimum atomic E-state index is -0.0935. The molecule has 1 aliphatic heterocycles. The second-order valence-electron chi connectivity index (χ2n) is 6.71. The van der Waals surface area contributed by atoms with Gasteiger partial charge in [0, 0.05) is 31.4 Å². The van der Waals surface area contributed by atoms with Crippen LogP contribution < -0.4 is 16.0 Å². The van der Waals surface area contributed by atoms with Crippen molar-refractivity contribution in [2.75, 3.05) is 31.5 Å². The van der Waals surface area contributed by atoms with Crippen LogP contribution in [-0.4, -0.2) is 49.1 Å². The predicted molar refractivity (Wildman–Crippen MR) is 95.9 cm³/mol. The van der Waals surface area contributed by atoms with Crippen LogP contribution in [0.5, 0.6) is 0 Å². The Labute approximate surface area is 144 Å². The summed E-state index contributed by atoms with van der Waals surface area (Å²) in [4.78, 5) is 26.0. The van der Waals surface area contributed by atoms with Gasteiger partial charge in [-0.15, -0.1) is 0 Å². The Morgan fingerprint density at radius 3 is 2.46 bits per heavy atom. The van der Waals surface area contributed by atoms with Crippen molar-refractivity contribution in [2.45, 2.75) is 32.7 Å². The molecular formula is C18H28N4O2. The number of carbonyl (C=O) groups excluding carboxylic acids is 2. The first kappa shape index (κ1) is 18.3. The zero-order valence-corrected chi connectivity index (χ0v) is 14.5. The average Bonchev–Trinajstić information content (AvgIpc) is 2.55. The fraction of sp³-hybridized carbons (Fsp3) is 0.556. The maximum atomic E-state index is 12.1. The van der Waals surface area contributed by atoms with Crippen LogP contribution in [0.3, 0.4) is 0 Å². The molecule has 1 aromatic rings. The van der Waals surface area contributed by atoms with E-state index in [0.717, 1.165) is 31.6 Å². The molecule has 0 bridgehead atoms. The number of nitrogens with zero attached hydrogens (tertiary/aromatic N) is 1. The molecule has 3 amide bonds. The SMILES string of the molecule is CC(C)CNC(=O)NC1CCN(CC(=O)Nc2ccccc2)CC1. The number of benzene rings is 1. The van der Waals surface area contributed by atoms with Crippen LogP contribution in [0.15, 0.2) is 30.3 Å². The smallest absolute Gasteiger partial charge is 0.315 e. The summed E-state index contributed by atoms with van der Waals surface area (Å²) < 4.78 is 0. The molecule has 1 aliphatic rings. The van der Waals surface area contributed by atoms with E-state index in [2.05, 4.69) is 34.7 Å². The van der Waals surface area contributed by atoms with Crippen LogP contribution in [-0.2, 0) is 4.79 Å². The second kappa shape index (κ2) is 9.27. The summed E-state index contributed by atoms with van der Waals surface area (Å²) in [5, 5.41) is 8.78. The Bertz CT molecular complexity index is 525. The molecule has 1 heterocycles. The van der Waals surface area contributed by atoms with Crippen molar-refractivity contribution in [3.8, 4) is 0 Å². The molecule has 0 unspecified atom stereocenters. The maximum Gasteiger partial charge on any atom is 0.315 e. The molecule has 2 rings (SSSR count). The Hall–Kier alpha value is -2.08. The number of anilines is 1. The molecule has 6 heteroatoms. The first-order valence-corrected chi connectivity index (χ1v) is 8.64. The summed E-state index contributed by atoms with van der Waals surface area (Å²) in [7, 11) is 0. The standard InChI is InChI=1S/C18H28N4O2/c1-14(2)12-19-18(24)21-16-8-10-22(11-9-16)13-17(23)20-15-6-4-3-5-7-15/h3-7,14,16H,8-13H2,1-2H3,(H,20,23)(H2,19,21,24). The molecule has 0 saturated carbocycles. The molecule has 3 N–H and O–H groups in total. The van der Waals surface area contributed by atoms with E-state index in [-0.39, 0.29) is 18.0 Å². The van der Waals surface area contributed by atoms with Gasteiger partial charge in [-0.05, 0) is 30.9 Å². The number of para-hydroxylation sites is 1. The number of nitrogens with one attached hydrogen (secondary N) is 3. The molecular weight excluding hydrogens is 304 g/mol. The molecule has 0 aliphatic carbocycles. The molecule has 0 radical (unpaired) electrons. The molecule has 0 aromatic heterocycles. The van der Waals surface area contributed by atoms with E-state index in [4.69, 9.17) is 0 Å². The molecule has 132 valence electrons. The first-order chi connectivity index (χ1) is 11.5. The highest BCUT2D eigenvalue weighted by molar-refractivity contribution is 5.92. The monoisotopic (exact) mass is 332 g/mol. The zero-order valence-electron chi connectivity index (χ0n) is 14.5. The molecule has 0 atom stereocenters. The first-order valence-electron chi connectivity index (χ1n) is 8.64. The number of urea groups is 1. The van der Waals surface area contributed by atoms with Gasteiger partial charge in [0.15, 0.2) is 0 Å². The van der Waals surface area contributed by atoms with Crippen LogP contribution in [0.2, 0.25) is 0 Å². The average molecular weight is 332 g/mol. The fourth-order valence-corrected chi connectivity index (χ4v) is 2.69. The van der Waals surface area contributed by atoms with Gasteiger partial charge in [0.2, 0.25) is 5.91 Å². The van der Waals surface area contributed by atoms with E-state index in [0.29, 0.717) is 19.0 Å². The number of piperidine rings is 1. The lowest BCUT2D eigenvalue weighted by molar-refractivity contribution is -0.117. The Kier molecular flexibility index (Phi) is 7.06. The van der Waals surface area contributed by atoms with E-state index in [1.165, 1.54) is 0 Å². The van der Waals surface area contributed by atoms with Crippen molar-refractivity contribution in [2.24, 2.45) is 5.92 Å². The fourth-order valence-electron chi connectivity index (χ4n) is 2.69. The summed E-state index contributed by atoms with van der Waals surface area (Å²) in [6, 6.07) is 9.57. The van der Waals surface area contributed by atoms with Crippen molar-refractivity contribution in [3.05, 3.63) is 30.3 Å². The molecule has 24 heavy (non-hydrogen) atoms. The summed E-state index contributed by atoms with van der Waals surface area (Å²) >= 11 is 0. The van der Waals surface area contributed by atoms with Crippen LogP contribution in [0, 0.1) is 5.92 Å². The number of amides is 3. The number of likely N-dealkylation sites (tertiary alicyclic amines) is 1. The third-order valence-electron chi connectivity index (χ3n) is 4.02. The lowest BCUT2D eigenvalue weighted by Gasteiger charge is -2.31. The summed E-state index contributed by atoms with van der Waals surface area (Å²) in [5.74, 6) is 0.447. The topological polar surface area (TPSA) is 73.5 Å². The van der Waals surface area contributed by atoms with Gasteiger partial charge in [-0.25, -0.2) is 4.79 Å². The molecule has 0 spiro atoms. The maximum absolute atomic E-state index is 12.1. The van der Waals surface area contributed by atoms with Gasteiger partial charge >= 0.3 is 6.03 Å². The minimum absolute atomic E-state index is 0.00212.